The molecule has 0 aromatic heterocycles. The number of nitrogens with zero attached hydrogens (tertiary/aromatic N) is 2. The number of rotatable bonds is 6. The topological polar surface area (TPSA) is 46.4 Å². The van der Waals surface area contributed by atoms with Gasteiger partial charge in [0.1, 0.15) is 0 Å². The molecule has 0 amide bonds. The Balaban J connectivity index is 2.84. The molecule has 0 saturated carbocycles. The molecule has 0 spiro atoms. The summed E-state index contributed by atoms with van der Waals surface area (Å²) in [5.74, 6) is 0. The van der Waals surface area contributed by atoms with E-state index in [1.807, 2.05) is 6.07 Å². The molecule has 0 radical (unpaired) electrons. The van der Waals surface area contributed by atoms with Gasteiger partial charge in [0.2, 0.25) is 0 Å². The van der Waals surface area contributed by atoms with Gasteiger partial charge in [-0.1, -0.05) is 19.9 Å². The molecule has 0 saturated heterocycles. The van der Waals surface area contributed by atoms with E-state index in [1.165, 1.54) is 0 Å². The van der Waals surface area contributed by atoms with E-state index in [4.69, 9.17) is 0 Å². The van der Waals surface area contributed by atoms with Crippen molar-refractivity contribution in [3.05, 3.63) is 38.3 Å². The van der Waals surface area contributed by atoms with Crippen LogP contribution in [0.15, 0.2) is 22.7 Å². The lowest BCUT2D eigenvalue weighted by Crippen LogP contribution is -2.23. The first-order valence-electron chi connectivity index (χ1n) is 5.73. The molecule has 94 valence electrons. The van der Waals surface area contributed by atoms with Crippen molar-refractivity contribution in [2.45, 2.75) is 26.8 Å². The van der Waals surface area contributed by atoms with Crippen LogP contribution in [0, 0.1) is 10.1 Å². The molecule has 0 bridgehead atoms. The van der Waals surface area contributed by atoms with Gasteiger partial charge >= 0.3 is 0 Å². The van der Waals surface area contributed by atoms with Gasteiger partial charge in [-0.05, 0) is 47.1 Å². The lowest BCUT2D eigenvalue weighted by Gasteiger charge is -2.19. The Hall–Kier alpha value is -0.940. The zero-order chi connectivity index (χ0) is 12.8. The monoisotopic (exact) mass is 300 g/mol. The normalized spacial score (nSPS) is 10.8. The van der Waals surface area contributed by atoms with Gasteiger partial charge in [0.25, 0.3) is 5.69 Å². The van der Waals surface area contributed by atoms with Gasteiger partial charge in [-0.25, -0.2) is 0 Å². The fourth-order valence-corrected chi connectivity index (χ4v) is 2.11. The lowest BCUT2D eigenvalue weighted by atomic mass is 10.2. The standard InChI is InChI=1S/C12H17BrN2O2/c1-3-7-14(4-2)9-10-5-6-11(13)12(8-10)15(16)17/h5-6,8H,3-4,7,9H2,1-2H3. The highest BCUT2D eigenvalue weighted by Gasteiger charge is 2.13. The summed E-state index contributed by atoms with van der Waals surface area (Å²) in [5.41, 5.74) is 1.12. The second kappa shape index (κ2) is 6.71. The summed E-state index contributed by atoms with van der Waals surface area (Å²) in [6, 6.07) is 5.31. The van der Waals surface area contributed by atoms with Gasteiger partial charge in [-0.3, -0.25) is 15.0 Å². The Labute approximate surface area is 110 Å². The summed E-state index contributed by atoms with van der Waals surface area (Å²) in [6.07, 6.45) is 1.09. The van der Waals surface area contributed by atoms with Crippen molar-refractivity contribution in [1.82, 2.24) is 4.90 Å². The van der Waals surface area contributed by atoms with E-state index in [2.05, 4.69) is 34.7 Å². The number of nitro benzene ring substituents is 1. The van der Waals surface area contributed by atoms with Crippen LogP contribution in [0.1, 0.15) is 25.8 Å². The minimum Gasteiger partial charge on any atom is -0.299 e. The maximum absolute atomic E-state index is 10.8. The zero-order valence-electron chi connectivity index (χ0n) is 10.1. The Kier molecular flexibility index (Phi) is 5.58. The molecule has 1 aromatic rings. The average molecular weight is 301 g/mol. The highest BCUT2D eigenvalue weighted by Crippen LogP contribution is 2.26. The minimum atomic E-state index is -0.357. The molecule has 0 N–H and O–H groups in total. The zero-order valence-corrected chi connectivity index (χ0v) is 11.7. The molecule has 17 heavy (non-hydrogen) atoms. The van der Waals surface area contributed by atoms with Crippen LogP contribution in [0.2, 0.25) is 0 Å². The molecular weight excluding hydrogens is 284 g/mol. The predicted molar refractivity (Wildman–Crippen MR) is 72.0 cm³/mol. The van der Waals surface area contributed by atoms with E-state index >= 15 is 0 Å². The Morgan fingerprint density at radius 2 is 2.12 bits per heavy atom. The molecule has 5 heteroatoms. The van der Waals surface area contributed by atoms with Crippen molar-refractivity contribution in [3.63, 3.8) is 0 Å². The van der Waals surface area contributed by atoms with E-state index in [9.17, 15) is 10.1 Å². The van der Waals surface area contributed by atoms with Crippen LogP contribution in [0.25, 0.3) is 0 Å². The molecule has 0 aliphatic heterocycles. The molecule has 0 aliphatic carbocycles. The second-order valence-electron chi connectivity index (χ2n) is 3.91. The van der Waals surface area contributed by atoms with E-state index in [0.29, 0.717) is 4.47 Å². The van der Waals surface area contributed by atoms with E-state index in [1.54, 1.807) is 12.1 Å². The van der Waals surface area contributed by atoms with Gasteiger partial charge < -0.3 is 0 Å². The average Bonchev–Trinajstić information content (AvgIpc) is 2.30. The van der Waals surface area contributed by atoms with Gasteiger partial charge in [0.15, 0.2) is 0 Å². The van der Waals surface area contributed by atoms with Crippen molar-refractivity contribution in [1.29, 1.82) is 0 Å². The number of hydrogen-bond donors (Lipinski definition) is 0. The van der Waals surface area contributed by atoms with Gasteiger partial charge in [0, 0.05) is 12.6 Å². The quantitative estimate of drug-likeness (QED) is 0.596. The third-order valence-corrected chi connectivity index (χ3v) is 3.27. The maximum atomic E-state index is 10.8. The molecule has 1 aromatic carbocycles. The number of hydrogen-bond acceptors (Lipinski definition) is 3. The summed E-state index contributed by atoms with van der Waals surface area (Å²) in [6.45, 7) is 6.96. The van der Waals surface area contributed by atoms with Crippen molar-refractivity contribution >= 4 is 21.6 Å². The molecule has 0 aliphatic rings. The SMILES string of the molecule is CCCN(CC)Cc1ccc(Br)c([N+](=O)[O-])c1. The first-order valence-corrected chi connectivity index (χ1v) is 6.53. The molecule has 4 nitrogen and oxygen atoms in total. The minimum absolute atomic E-state index is 0.134. The van der Waals surface area contributed by atoms with Crippen LogP contribution < -0.4 is 0 Å². The third-order valence-electron chi connectivity index (χ3n) is 2.60. The van der Waals surface area contributed by atoms with Crippen molar-refractivity contribution in [2.24, 2.45) is 0 Å². The highest BCUT2D eigenvalue weighted by atomic mass is 79.9. The van der Waals surface area contributed by atoms with Crippen LogP contribution >= 0.6 is 15.9 Å². The largest absolute Gasteiger partial charge is 0.299 e. The summed E-state index contributed by atoms with van der Waals surface area (Å²) in [4.78, 5) is 12.7. The van der Waals surface area contributed by atoms with Crippen LogP contribution in [0.5, 0.6) is 0 Å². The van der Waals surface area contributed by atoms with Gasteiger partial charge in [0.05, 0.1) is 9.40 Å². The summed E-state index contributed by atoms with van der Waals surface area (Å²) in [5, 5.41) is 10.8. The van der Waals surface area contributed by atoms with Crippen molar-refractivity contribution in [2.75, 3.05) is 13.1 Å². The first-order chi connectivity index (χ1) is 8.08. The van der Waals surface area contributed by atoms with Crippen LogP contribution in [0.3, 0.4) is 0 Å². The summed E-state index contributed by atoms with van der Waals surface area (Å²) in [7, 11) is 0. The first kappa shape index (κ1) is 14.1. The third kappa shape index (κ3) is 4.09. The van der Waals surface area contributed by atoms with Crippen LogP contribution in [0.4, 0.5) is 5.69 Å². The van der Waals surface area contributed by atoms with Gasteiger partial charge in [-0.15, -0.1) is 0 Å². The Bertz CT molecular complexity index is 396. The highest BCUT2D eigenvalue weighted by molar-refractivity contribution is 9.10. The molecule has 0 atom stereocenters. The van der Waals surface area contributed by atoms with Crippen LogP contribution in [-0.4, -0.2) is 22.9 Å². The summed E-state index contributed by atoms with van der Waals surface area (Å²) < 4.78 is 0.532. The fourth-order valence-electron chi connectivity index (χ4n) is 1.72. The lowest BCUT2D eigenvalue weighted by molar-refractivity contribution is -0.385. The van der Waals surface area contributed by atoms with E-state index < -0.39 is 0 Å². The number of halogens is 1. The van der Waals surface area contributed by atoms with E-state index in [-0.39, 0.29) is 10.6 Å². The van der Waals surface area contributed by atoms with Crippen molar-refractivity contribution < 1.29 is 4.92 Å². The predicted octanol–water partition coefficient (Wildman–Crippen LogP) is 3.59. The van der Waals surface area contributed by atoms with E-state index in [0.717, 1.165) is 31.6 Å². The molecule has 0 heterocycles. The Morgan fingerprint density at radius 3 is 2.65 bits per heavy atom. The molecular formula is C12H17BrN2O2. The molecule has 1 rings (SSSR count). The smallest absolute Gasteiger partial charge is 0.283 e. The Morgan fingerprint density at radius 1 is 1.41 bits per heavy atom. The molecule has 0 fully saturated rings. The number of benzene rings is 1. The number of nitro groups is 1. The van der Waals surface area contributed by atoms with Crippen molar-refractivity contribution in [3.8, 4) is 0 Å². The maximum Gasteiger partial charge on any atom is 0.283 e. The second-order valence-corrected chi connectivity index (χ2v) is 4.77. The molecule has 0 unspecified atom stereocenters. The van der Waals surface area contributed by atoms with Gasteiger partial charge in [-0.2, -0.15) is 0 Å². The fraction of sp³-hybridized carbons (Fsp3) is 0.500. The van der Waals surface area contributed by atoms with Crippen LogP contribution in [-0.2, 0) is 6.54 Å². The summed E-state index contributed by atoms with van der Waals surface area (Å²) >= 11 is 3.19.